The van der Waals surface area contributed by atoms with E-state index in [1.807, 2.05) is 26.8 Å². The third-order valence-electron chi connectivity index (χ3n) is 3.18. The van der Waals surface area contributed by atoms with E-state index in [-0.39, 0.29) is 22.7 Å². The van der Waals surface area contributed by atoms with Gasteiger partial charge in [0.2, 0.25) is 0 Å². The average Bonchev–Trinajstić information content (AvgIpc) is 2.46. The summed E-state index contributed by atoms with van der Waals surface area (Å²) < 4.78 is 0. The molecule has 0 spiro atoms. The summed E-state index contributed by atoms with van der Waals surface area (Å²) in [7, 11) is 0. The molecule has 1 aliphatic rings. The maximum Gasteiger partial charge on any atom is 0.268 e. The van der Waals surface area contributed by atoms with Crippen molar-refractivity contribution in [3.8, 4) is 6.07 Å². The monoisotopic (exact) mass is 250 g/mol. The molecule has 4 nitrogen and oxygen atoms in total. The summed E-state index contributed by atoms with van der Waals surface area (Å²) in [6, 6.07) is 1.43. The molecule has 1 unspecified atom stereocenters. The van der Waals surface area contributed by atoms with E-state index in [4.69, 9.17) is 5.26 Å². The Labute approximate surface area is 109 Å². The molecule has 0 bridgehead atoms. The van der Waals surface area contributed by atoms with Crippen molar-refractivity contribution in [1.82, 2.24) is 4.90 Å². The van der Waals surface area contributed by atoms with Gasteiger partial charge in [-0.05, 0) is 17.8 Å². The molecule has 0 radical (unpaired) electrons. The second-order valence-electron chi connectivity index (χ2n) is 6.32. The van der Waals surface area contributed by atoms with E-state index in [1.54, 1.807) is 4.90 Å². The Bertz CT molecular complexity index is 410. The van der Waals surface area contributed by atoms with Crippen LogP contribution in [0.5, 0.6) is 0 Å². The number of aliphatic hydroxyl groups excluding tert-OH is 1. The third-order valence-corrected chi connectivity index (χ3v) is 3.18. The van der Waals surface area contributed by atoms with E-state index >= 15 is 0 Å². The molecule has 1 rings (SSSR count). The van der Waals surface area contributed by atoms with Crippen LogP contribution < -0.4 is 0 Å². The van der Waals surface area contributed by atoms with Crippen LogP contribution in [-0.4, -0.2) is 28.5 Å². The van der Waals surface area contributed by atoms with Gasteiger partial charge in [0.25, 0.3) is 5.91 Å². The molecule has 1 heterocycles. The third kappa shape index (κ3) is 2.66. The minimum Gasteiger partial charge on any atom is -0.508 e. The van der Waals surface area contributed by atoms with Crippen LogP contribution in [0.1, 0.15) is 41.0 Å². The number of rotatable bonds is 3. The Morgan fingerprint density at radius 3 is 2.39 bits per heavy atom. The first-order chi connectivity index (χ1) is 8.20. The molecular weight excluding hydrogens is 228 g/mol. The van der Waals surface area contributed by atoms with Crippen molar-refractivity contribution in [1.29, 1.82) is 5.26 Å². The topological polar surface area (TPSA) is 64.3 Å². The zero-order chi connectivity index (χ0) is 14.1. The maximum atomic E-state index is 12.1. The second kappa shape index (κ2) is 5.01. The lowest BCUT2D eigenvalue weighted by Gasteiger charge is -2.35. The van der Waals surface area contributed by atoms with E-state index in [0.29, 0.717) is 12.5 Å². The zero-order valence-electron chi connectivity index (χ0n) is 11.8. The Morgan fingerprint density at radius 1 is 1.44 bits per heavy atom. The van der Waals surface area contributed by atoms with Crippen molar-refractivity contribution >= 4 is 5.91 Å². The van der Waals surface area contributed by atoms with Crippen molar-refractivity contribution in [2.75, 3.05) is 6.54 Å². The Morgan fingerprint density at radius 2 is 2.00 bits per heavy atom. The van der Waals surface area contributed by atoms with E-state index < -0.39 is 6.04 Å². The number of aliphatic hydroxyl groups is 1. The smallest absolute Gasteiger partial charge is 0.268 e. The highest BCUT2D eigenvalue weighted by molar-refractivity contribution is 6.00. The van der Waals surface area contributed by atoms with Crippen LogP contribution >= 0.6 is 0 Å². The highest BCUT2D eigenvalue weighted by Crippen LogP contribution is 2.36. The normalized spacial score (nSPS) is 20.8. The van der Waals surface area contributed by atoms with Gasteiger partial charge >= 0.3 is 0 Å². The van der Waals surface area contributed by atoms with Gasteiger partial charge in [0.1, 0.15) is 11.8 Å². The van der Waals surface area contributed by atoms with Crippen molar-refractivity contribution in [3.05, 3.63) is 11.3 Å². The molecule has 0 aliphatic carbocycles. The number of hydrogen-bond acceptors (Lipinski definition) is 3. The number of carbonyl (C=O) groups is 1. The molecular formula is C14H22N2O2. The highest BCUT2D eigenvalue weighted by Gasteiger charge is 2.45. The summed E-state index contributed by atoms with van der Waals surface area (Å²) in [4.78, 5) is 13.7. The van der Waals surface area contributed by atoms with Gasteiger partial charge in [-0.25, -0.2) is 0 Å². The fourth-order valence-electron chi connectivity index (χ4n) is 2.27. The molecule has 4 heteroatoms. The molecule has 1 aliphatic heterocycles. The van der Waals surface area contributed by atoms with Crippen molar-refractivity contribution in [2.24, 2.45) is 11.3 Å². The van der Waals surface area contributed by atoms with Gasteiger partial charge in [0.05, 0.1) is 6.04 Å². The van der Waals surface area contributed by atoms with Crippen LogP contribution in [0.2, 0.25) is 0 Å². The van der Waals surface area contributed by atoms with E-state index in [0.717, 1.165) is 6.42 Å². The Balaban J connectivity index is 3.04. The Kier molecular flexibility index (Phi) is 4.05. The SMILES string of the molecule is CC(C)CCN1C(=O)C(C#N)=C(O)C1C(C)(C)C. The van der Waals surface area contributed by atoms with Crippen LogP contribution in [-0.2, 0) is 4.79 Å². The predicted octanol–water partition coefficient (Wildman–Crippen LogP) is 2.63. The van der Waals surface area contributed by atoms with E-state index in [1.165, 1.54) is 0 Å². The Hall–Kier alpha value is -1.50. The van der Waals surface area contributed by atoms with Gasteiger partial charge < -0.3 is 10.0 Å². The average molecular weight is 250 g/mol. The number of nitriles is 1. The van der Waals surface area contributed by atoms with Gasteiger partial charge in [-0.15, -0.1) is 0 Å². The molecule has 0 saturated carbocycles. The lowest BCUT2D eigenvalue weighted by Crippen LogP contribution is -2.44. The molecule has 1 N–H and O–H groups in total. The largest absolute Gasteiger partial charge is 0.508 e. The quantitative estimate of drug-likeness (QED) is 0.837. The standard InChI is InChI=1S/C14H22N2O2/c1-9(2)6-7-16-12(14(3,4)5)11(17)10(8-15)13(16)18/h9,12,17H,6-7H2,1-5H3. The first-order valence-corrected chi connectivity index (χ1v) is 6.34. The highest BCUT2D eigenvalue weighted by atomic mass is 16.3. The summed E-state index contributed by atoms with van der Waals surface area (Å²) in [5, 5.41) is 19.1. The minimum absolute atomic E-state index is 0.0706. The summed E-state index contributed by atoms with van der Waals surface area (Å²) >= 11 is 0. The van der Waals surface area contributed by atoms with Gasteiger partial charge in [-0.2, -0.15) is 5.26 Å². The van der Waals surface area contributed by atoms with E-state index in [2.05, 4.69) is 13.8 Å². The van der Waals surface area contributed by atoms with Crippen molar-refractivity contribution in [2.45, 2.75) is 47.1 Å². The fraction of sp³-hybridized carbons (Fsp3) is 0.714. The summed E-state index contributed by atoms with van der Waals surface area (Å²) in [6.07, 6.45) is 0.865. The van der Waals surface area contributed by atoms with Crippen molar-refractivity contribution in [3.63, 3.8) is 0 Å². The van der Waals surface area contributed by atoms with Crippen molar-refractivity contribution < 1.29 is 9.90 Å². The van der Waals surface area contributed by atoms with Crippen LogP contribution in [0.15, 0.2) is 11.3 Å². The van der Waals surface area contributed by atoms with Crippen LogP contribution in [0, 0.1) is 22.7 Å². The minimum atomic E-state index is -0.390. The first-order valence-electron chi connectivity index (χ1n) is 6.34. The van der Waals surface area contributed by atoms with Gasteiger partial charge in [0.15, 0.2) is 5.57 Å². The number of hydrogen-bond donors (Lipinski definition) is 1. The summed E-state index contributed by atoms with van der Waals surface area (Å²) in [6.45, 7) is 10.6. The maximum absolute atomic E-state index is 12.1. The molecule has 0 aromatic heterocycles. The molecule has 18 heavy (non-hydrogen) atoms. The van der Waals surface area contributed by atoms with Crippen LogP contribution in [0.4, 0.5) is 0 Å². The van der Waals surface area contributed by atoms with Gasteiger partial charge in [-0.1, -0.05) is 34.6 Å². The fourth-order valence-corrected chi connectivity index (χ4v) is 2.27. The zero-order valence-corrected chi connectivity index (χ0v) is 11.8. The lowest BCUT2D eigenvalue weighted by atomic mass is 9.85. The predicted molar refractivity (Wildman–Crippen MR) is 69.7 cm³/mol. The lowest BCUT2D eigenvalue weighted by molar-refractivity contribution is -0.128. The van der Waals surface area contributed by atoms with Gasteiger partial charge in [-0.3, -0.25) is 4.79 Å². The van der Waals surface area contributed by atoms with Crippen LogP contribution in [0.25, 0.3) is 0 Å². The first kappa shape index (κ1) is 14.6. The van der Waals surface area contributed by atoms with E-state index in [9.17, 15) is 9.90 Å². The second-order valence-corrected chi connectivity index (χ2v) is 6.32. The van der Waals surface area contributed by atoms with Crippen LogP contribution in [0.3, 0.4) is 0 Å². The van der Waals surface area contributed by atoms with Gasteiger partial charge in [0, 0.05) is 6.54 Å². The summed E-state index contributed by atoms with van der Waals surface area (Å²) in [5.74, 6) is 0.0704. The number of carbonyl (C=O) groups excluding carboxylic acids is 1. The molecule has 0 aromatic rings. The molecule has 1 atom stereocenters. The molecule has 0 saturated heterocycles. The molecule has 100 valence electrons. The molecule has 0 aromatic carbocycles. The molecule has 0 fully saturated rings. The summed E-state index contributed by atoms with van der Waals surface area (Å²) in [5.41, 5.74) is -0.381. The number of amides is 1. The number of nitrogens with zero attached hydrogens (tertiary/aromatic N) is 2. The molecule has 1 amide bonds.